The van der Waals surface area contributed by atoms with E-state index in [1.165, 1.54) is 12.8 Å². The maximum absolute atomic E-state index is 6.01. The molecule has 2 aliphatic carbocycles. The van der Waals surface area contributed by atoms with Crippen molar-refractivity contribution in [1.82, 2.24) is 0 Å². The summed E-state index contributed by atoms with van der Waals surface area (Å²) in [5.74, 6) is 0.933. The van der Waals surface area contributed by atoms with E-state index in [1.807, 2.05) is 0 Å². The third-order valence-corrected chi connectivity index (χ3v) is 4.47. The molecule has 0 N–H and O–H groups in total. The summed E-state index contributed by atoms with van der Waals surface area (Å²) in [7, 11) is 0.0856. The van der Waals surface area contributed by atoms with Crippen LogP contribution in [0.5, 0.6) is 0 Å². The average Bonchev–Trinajstić information content (AvgIpc) is 2.64. The zero-order valence-corrected chi connectivity index (χ0v) is 8.89. The highest BCUT2D eigenvalue weighted by Crippen LogP contribution is 2.84. The van der Waals surface area contributed by atoms with Crippen LogP contribution in [0.3, 0.4) is 0 Å². The first-order chi connectivity index (χ1) is 5.87. The molecule has 0 atom stereocenters. The summed E-state index contributed by atoms with van der Waals surface area (Å²) in [5, 5.41) is 0.463. The summed E-state index contributed by atoms with van der Waals surface area (Å²) in [5.41, 5.74) is -0.274. The molecule has 0 bridgehead atoms. The van der Waals surface area contributed by atoms with E-state index in [2.05, 4.69) is 27.7 Å². The minimum Gasteiger partial charge on any atom is -0.403 e. The highest BCUT2D eigenvalue weighted by Gasteiger charge is 2.80. The van der Waals surface area contributed by atoms with Gasteiger partial charge in [0.05, 0.1) is 11.2 Å². The Bertz CT molecular complexity index is 250. The summed E-state index contributed by atoms with van der Waals surface area (Å²) in [6, 6.07) is 0. The molecule has 0 aromatic rings. The molecule has 13 heavy (non-hydrogen) atoms. The first kappa shape index (κ1) is 8.31. The third kappa shape index (κ3) is 0.874. The second kappa shape index (κ2) is 1.85. The minimum atomic E-state index is -0.137. The van der Waals surface area contributed by atoms with Crippen molar-refractivity contribution in [2.24, 2.45) is 5.92 Å². The fourth-order valence-corrected chi connectivity index (χ4v) is 2.20. The van der Waals surface area contributed by atoms with Crippen molar-refractivity contribution in [3.63, 3.8) is 0 Å². The average molecular weight is 180 g/mol. The Labute approximate surface area is 80.1 Å². The molecule has 72 valence electrons. The van der Waals surface area contributed by atoms with Gasteiger partial charge in [0.25, 0.3) is 0 Å². The molecule has 0 aromatic carbocycles. The van der Waals surface area contributed by atoms with E-state index < -0.39 is 0 Å². The summed E-state index contributed by atoms with van der Waals surface area (Å²) in [6.45, 7) is 8.51. The van der Waals surface area contributed by atoms with Gasteiger partial charge >= 0.3 is 7.12 Å². The molecule has 0 unspecified atom stereocenters. The molecule has 3 aliphatic rings. The molecule has 0 amide bonds. The van der Waals surface area contributed by atoms with Crippen LogP contribution < -0.4 is 0 Å². The number of hydrogen-bond donors (Lipinski definition) is 0. The largest absolute Gasteiger partial charge is 0.464 e. The molecule has 2 saturated carbocycles. The van der Waals surface area contributed by atoms with Crippen LogP contribution in [0.2, 0.25) is 5.31 Å². The maximum atomic E-state index is 6.01. The smallest absolute Gasteiger partial charge is 0.403 e. The lowest BCUT2D eigenvalue weighted by atomic mass is 9.74. The Morgan fingerprint density at radius 2 is 1.38 bits per heavy atom. The molecule has 0 radical (unpaired) electrons. The molecular weight excluding hydrogens is 163 g/mol. The zero-order valence-electron chi connectivity index (χ0n) is 8.89. The van der Waals surface area contributed by atoms with Crippen LogP contribution in [0.4, 0.5) is 0 Å². The lowest BCUT2D eigenvalue weighted by Crippen LogP contribution is -2.41. The fraction of sp³-hybridized carbons (Fsp3) is 1.00. The van der Waals surface area contributed by atoms with E-state index in [-0.39, 0.29) is 18.3 Å². The van der Waals surface area contributed by atoms with Gasteiger partial charge in [-0.1, -0.05) is 0 Å². The first-order valence-corrected chi connectivity index (χ1v) is 5.23. The van der Waals surface area contributed by atoms with Gasteiger partial charge in [-0.05, 0) is 46.5 Å². The van der Waals surface area contributed by atoms with E-state index in [9.17, 15) is 0 Å². The van der Waals surface area contributed by atoms with Crippen molar-refractivity contribution in [2.75, 3.05) is 0 Å². The van der Waals surface area contributed by atoms with Crippen LogP contribution in [-0.4, -0.2) is 18.3 Å². The fourth-order valence-electron chi connectivity index (χ4n) is 2.20. The van der Waals surface area contributed by atoms with Crippen LogP contribution in [0.15, 0.2) is 0 Å². The maximum Gasteiger partial charge on any atom is 0.464 e. The second-order valence-corrected chi connectivity index (χ2v) is 5.93. The Morgan fingerprint density at radius 1 is 1.00 bits per heavy atom. The summed E-state index contributed by atoms with van der Waals surface area (Å²) < 4.78 is 12.0. The van der Waals surface area contributed by atoms with E-state index in [1.54, 1.807) is 0 Å². The Kier molecular flexibility index (Phi) is 1.18. The van der Waals surface area contributed by atoms with Crippen molar-refractivity contribution >= 4 is 7.12 Å². The lowest BCUT2D eigenvalue weighted by Gasteiger charge is -2.32. The number of rotatable bonds is 1. The summed E-state index contributed by atoms with van der Waals surface area (Å²) >= 11 is 0. The van der Waals surface area contributed by atoms with Crippen molar-refractivity contribution in [2.45, 2.75) is 57.1 Å². The lowest BCUT2D eigenvalue weighted by molar-refractivity contribution is 0.00578. The molecule has 1 aliphatic heterocycles. The van der Waals surface area contributed by atoms with Gasteiger partial charge in [-0.2, -0.15) is 0 Å². The molecule has 3 heteroatoms. The zero-order chi connectivity index (χ0) is 9.48. The molecule has 3 rings (SSSR count). The number of hydrogen-bond acceptors (Lipinski definition) is 2. The standard InChI is InChI=1S/C10H17BO2/c1-8(2)9(3,4)13-11(12-8)10-5-7(10)6-10/h7H,5-6H2,1-4H3. The van der Waals surface area contributed by atoms with Gasteiger partial charge in [0, 0.05) is 5.31 Å². The van der Waals surface area contributed by atoms with Gasteiger partial charge in [-0.15, -0.1) is 0 Å². The predicted molar refractivity (Wildman–Crippen MR) is 51.5 cm³/mol. The van der Waals surface area contributed by atoms with Crippen molar-refractivity contribution in [3.05, 3.63) is 0 Å². The molecular formula is C10H17BO2. The predicted octanol–water partition coefficient (Wildman–Crippen LogP) is 2.24. The summed E-state index contributed by atoms with van der Waals surface area (Å²) in [4.78, 5) is 0. The third-order valence-electron chi connectivity index (χ3n) is 4.47. The van der Waals surface area contributed by atoms with Gasteiger partial charge in [-0.3, -0.25) is 0 Å². The van der Waals surface area contributed by atoms with E-state index >= 15 is 0 Å². The Balaban J connectivity index is 1.83. The SMILES string of the molecule is CC1(C)OB(C23CC2C3)OC1(C)C. The quantitative estimate of drug-likeness (QED) is 0.576. The van der Waals surface area contributed by atoms with Crippen molar-refractivity contribution < 1.29 is 9.31 Å². The van der Waals surface area contributed by atoms with Gasteiger partial charge in [0.1, 0.15) is 0 Å². The van der Waals surface area contributed by atoms with Crippen LogP contribution in [0, 0.1) is 5.92 Å². The first-order valence-electron chi connectivity index (χ1n) is 5.23. The van der Waals surface area contributed by atoms with E-state index in [4.69, 9.17) is 9.31 Å². The van der Waals surface area contributed by atoms with Gasteiger partial charge in [0.2, 0.25) is 0 Å². The topological polar surface area (TPSA) is 18.5 Å². The molecule has 1 heterocycles. The van der Waals surface area contributed by atoms with Gasteiger partial charge in [-0.25, -0.2) is 0 Å². The van der Waals surface area contributed by atoms with Gasteiger partial charge < -0.3 is 9.31 Å². The molecule has 3 fully saturated rings. The molecule has 0 aromatic heterocycles. The highest BCUT2D eigenvalue weighted by atomic mass is 16.7. The monoisotopic (exact) mass is 180 g/mol. The highest BCUT2D eigenvalue weighted by molar-refractivity contribution is 6.53. The second-order valence-electron chi connectivity index (χ2n) is 5.93. The van der Waals surface area contributed by atoms with E-state index in [0.717, 1.165) is 5.92 Å². The molecule has 2 nitrogen and oxygen atoms in total. The molecule has 1 saturated heterocycles. The van der Waals surface area contributed by atoms with Crippen LogP contribution in [0.1, 0.15) is 40.5 Å². The van der Waals surface area contributed by atoms with Crippen LogP contribution in [0.25, 0.3) is 0 Å². The van der Waals surface area contributed by atoms with Crippen LogP contribution in [-0.2, 0) is 9.31 Å². The van der Waals surface area contributed by atoms with Crippen LogP contribution >= 0.6 is 0 Å². The normalized spacial score (nSPS) is 48.9. The Hall–Kier alpha value is -0.0151. The van der Waals surface area contributed by atoms with E-state index in [0.29, 0.717) is 5.31 Å². The molecule has 0 spiro atoms. The number of fused-ring (bicyclic) bond motifs is 1. The van der Waals surface area contributed by atoms with Crippen molar-refractivity contribution in [1.29, 1.82) is 0 Å². The Morgan fingerprint density at radius 3 is 1.69 bits per heavy atom. The summed E-state index contributed by atoms with van der Waals surface area (Å²) in [6.07, 6.45) is 2.67. The van der Waals surface area contributed by atoms with Crippen molar-refractivity contribution in [3.8, 4) is 0 Å². The van der Waals surface area contributed by atoms with Gasteiger partial charge in [0.15, 0.2) is 0 Å². The minimum absolute atomic E-state index is 0.0856.